The van der Waals surface area contributed by atoms with E-state index in [2.05, 4.69) is 11.4 Å². The first-order chi connectivity index (χ1) is 9.08. The van der Waals surface area contributed by atoms with Crippen molar-refractivity contribution < 1.29 is 9.53 Å². The molecule has 104 valence electrons. The van der Waals surface area contributed by atoms with Gasteiger partial charge in [0.05, 0.1) is 17.0 Å². The lowest BCUT2D eigenvalue weighted by Crippen LogP contribution is -2.43. The summed E-state index contributed by atoms with van der Waals surface area (Å²) in [4.78, 5) is 16.4. The molecule has 5 heteroatoms. The van der Waals surface area contributed by atoms with Crippen molar-refractivity contribution in [3.05, 3.63) is 21.9 Å². The Hall–Kier alpha value is -0.910. The highest BCUT2D eigenvalue weighted by Crippen LogP contribution is 2.31. The number of hydrogen-bond donors (Lipinski definition) is 1. The largest absolute Gasteiger partial charge is 0.359 e. The number of rotatable bonds is 2. The maximum atomic E-state index is 12.5. The fourth-order valence-electron chi connectivity index (χ4n) is 2.69. The van der Waals surface area contributed by atoms with Gasteiger partial charge in [0.15, 0.2) is 0 Å². The van der Waals surface area contributed by atoms with Gasteiger partial charge in [0.2, 0.25) is 0 Å². The number of amides is 1. The quantitative estimate of drug-likeness (QED) is 0.904. The lowest BCUT2D eigenvalue weighted by Gasteiger charge is -2.28. The van der Waals surface area contributed by atoms with E-state index in [1.165, 1.54) is 17.7 Å². The summed E-state index contributed by atoms with van der Waals surface area (Å²) in [5.74, 6) is 0.0942. The first kappa shape index (κ1) is 13.1. The molecule has 2 fully saturated rings. The average molecular weight is 280 g/mol. The third kappa shape index (κ3) is 2.42. The fraction of sp³-hybridized carbons (Fsp3) is 0.643. The molecule has 1 unspecified atom stereocenters. The van der Waals surface area contributed by atoms with Gasteiger partial charge >= 0.3 is 0 Å². The molecule has 2 aliphatic rings. The van der Waals surface area contributed by atoms with E-state index < -0.39 is 0 Å². The summed E-state index contributed by atoms with van der Waals surface area (Å²) in [6.45, 7) is 6.19. The van der Waals surface area contributed by atoms with Gasteiger partial charge in [-0.2, -0.15) is 0 Å². The van der Waals surface area contributed by atoms with Crippen molar-refractivity contribution in [2.24, 2.45) is 0 Å². The molecular weight excluding hydrogens is 260 g/mol. The zero-order valence-corrected chi connectivity index (χ0v) is 12.3. The van der Waals surface area contributed by atoms with E-state index in [0.717, 1.165) is 11.4 Å². The Morgan fingerprint density at radius 3 is 3.00 bits per heavy atom. The maximum Gasteiger partial charge on any atom is 0.266 e. The number of hydrogen-bond acceptors (Lipinski definition) is 4. The maximum absolute atomic E-state index is 12.5. The summed E-state index contributed by atoms with van der Waals surface area (Å²) in [5, 5.41) is 3.47. The number of nitrogens with zero attached hydrogens (tertiary/aromatic N) is 1. The Labute approximate surface area is 117 Å². The van der Waals surface area contributed by atoms with Crippen LogP contribution in [0, 0.1) is 0 Å². The van der Waals surface area contributed by atoms with Crippen LogP contribution >= 0.6 is 11.3 Å². The minimum absolute atomic E-state index is 0.0942. The third-order valence-electron chi connectivity index (χ3n) is 3.89. The molecule has 0 bridgehead atoms. The molecular formula is C14H20N2O2S. The standard InChI is InChI=1S/C14H20N2O2S/c1-14(2)8-18-9-16(14)13(17)12-6-5-11(19-12)10-4-3-7-15-10/h5-6,10,15H,3-4,7-9H2,1-2H3. The van der Waals surface area contributed by atoms with Crippen molar-refractivity contribution in [3.8, 4) is 0 Å². The summed E-state index contributed by atoms with van der Waals surface area (Å²) >= 11 is 1.62. The molecule has 0 spiro atoms. The summed E-state index contributed by atoms with van der Waals surface area (Å²) < 4.78 is 5.42. The molecule has 3 heterocycles. The monoisotopic (exact) mass is 280 g/mol. The second-order valence-corrected chi connectivity index (χ2v) is 6.99. The summed E-state index contributed by atoms with van der Waals surface area (Å²) in [6, 6.07) is 4.48. The van der Waals surface area contributed by atoms with Crippen LogP contribution in [0.1, 0.15) is 47.3 Å². The van der Waals surface area contributed by atoms with Crippen molar-refractivity contribution in [3.63, 3.8) is 0 Å². The van der Waals surface area contributed by atoms with Crippen LogP contribution in [-0.4, -0.2) is 36.2 Å². The van der Waals surface area contributed by atoms with Gasteiger partial charge in [-0.25, -0.2) is 0 Å². The van der Waals surface area contributed by atoms with E-state index in [1.54, 1.807) is 11.3 Å². The van der Waals surface area contributed by atoms with Crippen LogP contribution < -0.4 is 5.32 Å². The first-order valence-corrected chi connectivity index (χ1v) is 7.62. The lowest BCUT2D eigenvalue weighted by molar-refractivity contribution is 0.0610. The minimum Gasteiger partial charge on any atom is -0.359 e. The van der Waals surface area contributed by atoms with E-state index in [4.69, 9.17) is 4.74 Å². The van der Waals surface area contributed by atoms with Gasteiger partial charge in [0.25, 0.3) is 5.91 Å². The lowest BCUT2D eigenvalue weighted by atomic mass is 10.1. The Morgan fingerprint density at radius 1 is 1.53 bits per heavy atom. The van der Waals surface area contributed by atoms with E-state index >= 15 is 0 Å². The number of thiophene rings is 1. The van der Waals surface area contributed by atoms with Crippen molar-refractivity contribution in [1.29, 1.82) is 0 Å². The number of nitrogens with one attached hydrogen (secondary N) is 1. The fourth-order valence-corrected chi connectivity index (χ4v) is 3.76. The predicted octanol–water partition coefficient (Wildman–Crippen LogP) is 2.38. The summed E-state index contributed by atoms with van der Waals surface area (Å²) in [7, 11) is 0. The molecule has 1 aromatic rings. The molecule has 0 aliphatic carbocycles. The number of carbonyl (C=O) groups is 1. The van der Waals surface area contributed by atoms with Crippen LogP contribution in [0.2, 0.25) is 0 Å². The molecule has 2 saturated heterocycles. The molecule has 19 heavy (non-hydrogen) atoms. The number of carbonyl (C=O) groups excluding carboxylic acids is 1. The van der Waals surface area contributed by atoms with Gasteiger partial charge in [0.1, 0.15) is 6.73 Å². The summed E-state index contributed by atoms with van der Waals surface area (Å²) in [5.41, 5.74) is -0.202. The van der Waals surface area contributed by atoms with Gasteiger partial charge < -0.3 is 15.0 Å². The highest BCUT2D eigenvalue weighted by atomic mass is 32.1. The van der Waals surface area contributed by atoms with E-state index in [0.29, 0.717) is 19.4 Å². The van der Waals surface area contributed by atoms with Gasteiger partial charge in [-0.3, -0.25) is 4.79 Å². The molecule has 2 aliphatic heterocycles. The van der Waals surface area contributed by atoms with Crippen LogP contribution in [0.5, 0.6) is 0 Å². The normalized spacial score (nSPS) is 26.0. The van der Waals surface area contributed by atoms with Gasteiger partial charge in [-0.15, -0.1) is 11.3 Å². The number of ether oxygens (including phenoxy) is 1. The van der Waals surface area contributed by atoms with E-state index in [9.17, 15) is 4.79 Å². The molecule has 1 N–H and O–H groups in total. The van der Waals surface area contributed by atoms with Crippen molar-refractivity contribution >= 4 is 17.2 Å². The highest BCUT2D eigenvalue weighted by molar-refractivity contribution is 7.14. The predicted molar refractivity (Wildman–Crippen MR) is 75.4 cm³/mol. The smallest absolute Gasteiger partial charge is 0.266 e. The average Bonchev–Trinajstić information content (AvgIpc) is 3.06. The Kier molecular flexibility index (Phi) is 3.37. The minimum atomic E-state index is -0.202. The Morgan fingerprint density at radius 2 is 2.37 bits per heavy atom. The zero-order chi connectivity index (χ0) is 13.5. The van der Waals surface area contributed by atoms with Crippen LogP contribution in [-0.2, 0) is 4.74 Å². The molecule has 0 saturated carbocycles. The molecule has 0 aromatic carbocycles. The Bertz CT molecular complexity index is 478. The van der Waals surface area contributed by atoms with Gasteiger partial charge in [0, 0.05) is 10.9 Å². The second kappa shape index (κ2) is 4.89. The molecule has 3 rings (SSSR count). The summed E-state index contributed by atoms with van der Waals surface area (Å²) in [6.07, 6.45) is 2.39. The molecule has 0 radical (unpaired) electrons. The van der Waals surface area contributed by atoms with E-state index in [-0.39, 0.29) is 11.4 Å². The van der Waals surface area contributed by atoms with Crippen LogP contribution in [0.3, 0.4) is 0 Å². The van der Waals surface area contributed by atoms with Crippen molar-refractivity contribution in [1.82, 2.24) is 10.2 Å². The van der Waals surface area contributed by atoms with Gasteiger partial charge in [-0.1, -0.05) is 0 Å². The zero-order valence-electron chi connectivity index (χ0n) is 11.4. The molecule has 4 nitrogen and oxygen atoms in total. The topological polar surface area (TPSA) is 41.6 Å². The Balaban J connectivity index is 1.77. The van der Waals surface area contributed by atoms with E-state index in [1.807, 2.05) is 24.8 Å². The van der Waals surface area contributed by atoms with Crippen LogP contribution in [0.4, 0.5) is 0 Å². The molecule has 1 amide bonds. The SMILES string of the molecule is CC1(C)COCN1C(=O)c1ccc(C2CCCN2)s1. The third-order valence-corrected chi connectivity index (χ3v) is 5.08. The van der Waals surface area contributed by atoms with Crippen molar-refractivity contribution in [2.45, 2.75) is 38.3 Å². The highest BCUT2D eigenvalue weighted by Gasteiger charge is 2.37. The second-order valence-electron chi connectivity index (χ2n) is 5.87. The van der Waals surface area contributed by atoms with Crippen LogP contribution in [0.15, 0.2) is 12.1 Å². The molecule has 1 atom stereocenters. The molecule has 1 aromatic heterocycles. The first-order valence-electron chi connectivity index (χ1n) is 6.81. The van der Waals surface area contributed by atoms with Crippen molar-refractivity contribution in [2.75, 3.05) is 19.9 Å². The van der Waals surface area contributed by atoms with Gasteiger partial charge in [-0.05, 0) is 45.4 Å². The van der Waals surface area contributed by atoms with Crippen LogP contribution in [0.25, 0.3) is 0 Å².